The van der Waals surface area contributed by atoms with Crippen LogP contribution >= 0.6 is 0 Å². The van der Waals surface area contributed by atoms with Crippen LogP contribution in [0.2, 0.25) is 0 Å². The number of hydrogen-bond donors (Lipinski definition) is 0. The van der Waals surface area contributed by atoms with E-state index in [2.05, 4.69) is 9.72 Å². The first-order chi connectivity index (χ1) is 7.76. The molecule has 1 heterocycles. The van der Waals surface area contributed by atoms with Crippen molar-refractivity contribution in [1.29, 1.82) is 0 Å². The van der Waals surface area contributed by atoms with E-state index in [4.69, 9.17) is 0 Å². The summed E-state index contributed by atoms with van der Waals surface area (Å²) in [5.74, 6) is -3.27. The molecule has 17 heavy (non-hydrogen) atoms. The summed E-state index contributed by atoms with van der Waals surface area (Å²) in [7, 11) is 0. The fraction of sp³-hybridized carbons (Fsp3) is 0.250. The van der Waals surface area contributed by atoms with Crippen molar-refractivity contribution in [3.63, 3.8) is 0 Å². The maximum absolute atomic E-state index is 12.9. The molecule has 94 valence electrons. The van der Waals surface area contributed by atoms with Crippen LogP contribution in [-0.4, -0.2) is 17.6 Å². The van der Waals surface area contributed by atoms with Crippen molar-refractivity contribution in [2.45, 2.75) is 12.8 Å². The molecule has 0 aromatic carbocycles. The molecule has 0 saturated carbocycles. The summed E-state index contributed by atoms with van der Waals surface area (Å²) in [4.78, 5) is 13.2. The number of aldehydes is 1. The lowest BCUT2D eigenvalue weighted by Gasteiger charge is -2.13. The van der Waals surface area contributed by atoms with Crippen LogP contribution in [0.1, 0.15) is 22.5 Å². The van der Waals surface area contributed by atoms with Gasteiger partial charge < -0.3 is 4.74 Å². The summed E-state index contributed by atoms with van der Waals surface area (Å²) in [6.45, 7) is 0. The summed E-state index contributed by atoms with van der Waals surface area (Å²) in [6.07, 6.45) is -8.89. The van der Waals surface area contributed by atoms with Crippen LogP contribution in [0.25, 0.3) is 0 Å². The third kappa shape index (κ3) is 3.08. The molecule has 0 fully saturated rings. The third-order valence-corrected chi connectivity index (χ3v) is 1.60. The van der Waals surface area contributed by atoms with Gasteiger partial charge >= 0.3 is 6.36 Å². The monoisotopic (exact) mass is 259 g/mol. The molecule has 1 rings (SSSR count). The van der Waals surface area contributed by atoms with Crippen molar-refractivity contribution in [2.75, 3.05) is 0 Å². The fourth-order valence-electron chi connectivity index (χ4n) is 1.01. The molecular weight excluding hydrogens is 256 g/mol. The van der Waals surface area contributed by atoms with Crippen LogP contribution in [0.3, 0.4) is 0 Å². The molecule has 0 atom stereocenters. The quantitative estimate of drug-likeness (QED) is 0.618. The Morgan fingerprint density at radius 2 is 1.94 bits per heavy atom. The first kappa shape index (κ1) is 13.3. The Kier molecular flexibility index (Phi) is 3.59. The molecule has 0 radical (unpaired) electrons. The number of alkyl halides is 5. The van der Waals surface area contributed by atoms with Gasteiger partial charge in [0.05, 0.1) is 11.8 Å². The normalized spacial score (nSPS) is 11.7. The zero-order valence-corrected chi connectivity index (χ0v) is 7.76. The number of rotatable bonds is 3. The summed E-state index contributed by atoms with van der Waals surface area (Å²) >= 11 is 0. The van der Waals surface area contributed by atoms with Crippen LogP contribution in [0.15, 0.2) is 6.20 Å². The SMILES string of the molecule is O=Cc1c(C(F)F)ncc(F)c1OC(F)(F)F. The molecular formula is C8H3F6NO2. The van der Waals surface area contributed by atoms with Gasteiger partial charge in [0.1, 0.15) is 5.69 Å². The number of ether oxygens (including phenoxy) is 1. The molecule has 0 amide bonds. The zero-order chi connectivity index (χ0) is 13.2. The molecule has 0 aliphatic heterocycles. The van der Waals surface area contributed by atoms with Crippen molar-refractivity contribution in [3.8, 4) is 5.75 Å². The number of aromatic nitrogens is 1. The minimum atomic E-state index is -5.31. The second kappa shape index (κ2) is 4.60. The first-order valence-electron chi connectivity index (χ1n) is 3.93. The van der Waals surface area contributed by atoms with Crippen LogP contribution in [0.4, 0.5) is 26.3 Å². The number of carbonyl (C=O) groups is 1. The minimum Gasteiger partial charge on any atom is -0.402 e. The van der Waals surface area contributed by atoms with Gasteiger partial charge in [-0.3, -0.25) is 9.78 Å². The van der Waals surface area contributed by atoms with Crippen LogP contribution in [-0.2, 0) is 0 Å². The van der Waals surface area contributed by atoms with Crippen molar-refractivity contribution in [3.05, 3.63) is 23.3 Å². The molecule has 1 aromatic rings. The predicted octanol–water partition coefficient (Wildman–Crippen LogP) is 2.87. The van der Waals surface area contributed by atoms with Crippen molar-refractivity contribution >= 4 is 6.29 Å². The minimum absolute atomic E-state index is 0.121. The van der Waals surface area contributed by atoms with Crippen molar-refractivity contribution in [1.82, 2.24) is 4.98 Å². The second-order valence-corrected chi connectivity index (χ2v) is 2.70. The molecule has 0 bridgehead atoms. The Morgan fingerprint density at radius 1 is 1.35 bits per heavy atom. The highest BCUT2D eigenvalue weighted by molar-refractivity contribution is 5.81. The average molecular weight is 259 g/mol. The predicted molar refractivity (Wildman–Crippen MR) is 41.2 cm³/mol. The standard InChI is InChI=1S/C8H3F6NO2/c9-4-1-15-5(7(10)11)3(2-16)6(4)17-8(12,13)14/h1-2,7H. The lowest BCUT2D eigenvalue weighted by atomic mass is 10.2. The van der Waals surface area contributed by atoms with E-state index in [1.807, 2.05) is 0 Å². The smallest absolute Gasteiger partial charge is 0.402 e. The summed E-state index contributed by atoms with van der Waals surface area (Å²) < 4.78 is 76.2. The van der Waals surface area contributed by atoms with Crippen molar-refractivity contribution in [2.24, 2.45) is 0 Å². The van der Waals surface area contributed by atoms with E-state index in [0.717, 1.165) is 0 Å². The summed E-state index contributed by atoms with van der Waals surface area (Å²) in [5.41, 5.74) is -2.54. The van der Waals surface area contributed by atoms with Gasteiger partial charge in [0.25, 0.3) is 6.43 Å². The molecule has 0 unspecified atom stereocenters. The Labute approximate surface area is 90.0 Å². The van der Waals surface area contributed by atoms with Gasteiger partial charge in [0.15, 0.2) is 17.9 Å². The lowest BCUT2D eigenvalue weighted by molar-refractivity contribution is -0.275. The van der Waals surface area contributed by atoms with E-state index < -0.39 is 35.6 Å². The molecule has 3 nitrogen and oxygen atoms in total. The highest BCUT2D eigenvalue weighted by Gasteiger charge is 2.35. The van der Waals surface area contributed by atoms with E-state index in [1.54, 1.807) is 0 Å². The van der Waals surface area contributed by atoms with E-state index >= 15 is 0 Å². The second-order valence-electron chi connectivity index (χ2n) is 2.70. The number of carbonyl (C=O) groups excluding carboxylic acids is 1. The Hall–Kier alpha value is -1.80. The van der Waals surface area contributed by atoms with E-state index in [1.165, 1.54) is 0 Å². The van der Waals surface area contributed by atoms with Gasteiger partial charge in [-0.15, -0.1) is 13.2 Å². The Balaban J connectivity index is 3.36. The zero-order valence-electron chi connectivity index (χ0n) is 7.76. The van der Waals surface area contributed by atoms with Gasteiger partial charge in [0, 0.05) is 0 Å². The Morgan fingerprint density at radius 3 is 2.35 bits per heavy atom. The molecule has 0 aliphatic carbocycles. The molecule has 0 aliphatic rings. The highest BCUT2D eigenvalue weighted by atomic mass is 19.4. The fourth-order valence-corrected chi connectivity index (χ4v) is 1.01. The van der Waals surface area contributed by atoms with Gasteiger partial charge in [-0.1, -0.05) is 0 Å². The Bertz CT molecular complexity index is 431. The number of pyridine rings is 1. The van der Waals surface area contributed by atoms with E-state index in [-0.39, 0.29) is 12.5 Å². The van der Waals surface area contributed by atoms with Gasteiger partial charge in [-0.05, 0) is 0 Å². The topological polar surface area (TPSA) is 39.2 Å². The molecule has 0 spiro atoms. The van der Waals surface area contributed by atoms with Gasteiger partial charge in [0.2, 0.25) is 0 Å². The van der Waals surface area contributed by atoms with E-state index in [0.29, 0.717) is 0 Å². The molecule has 9 heteroatoms. The molecule has 0 saturated heterocycles. The highest BCUT2D eigenvalue weighted by Crippen LogP contribution is 2.32. The first-order valence-corrected chi connectivity index (χ1v) is 3.93. The maximum Gasteiger partial charge on any atom is 0.573 e. The molecule has 1 aromatic heterocycles. The van der Waals surface area contributed by atoms with Crippen LogP contribution in [0.5, 0.6) is 5.75 Å². The third-order valence-electron chi connectivity index (χ3n) is 1.60. The maximum atomic E-state index is 12.9. The van der Waals surface area contributed by atoms with E-state index in [9.17, 15) is 31.1 Å². The van der Waals surface area contributed by atoms with Gasteiger partial charge in [-0.2, -0.15) is 0 Å². The number of nitrogens with zero attached hydrogens (tertiary/aromatic N) is 1. The van der Waals surface area contributed by atoms with Crippen LogP contribution < -0.4 is 4.74 Å². The average Bonchev–Trinajstić information content (AvgIpc) is 2.18. The number of halogens is 6. The van der Waals surface area contributed by atoms with Gasteiger partial charge in [-0.25, -0.2) is 13.2 Å². The lowest BCUT2D eigenvalue weighted by Crippen LogP contribution is -2.20. The largest absolute Gasteiger partial charge is 0.573 e. The summed E-state index contributed by atoms with van der Waals surface area (Å²) in [5, 5.41) is 0. The molecule has 0 N–H and O–H groups in total. The van der Waals surface area contributed by atoms with Crippen molar-refractivity contribution < 1.29 is 35.9 Å². The number of hydrogen-bond acceptors (Lipinski definition) is 3. The van der Waals surface area contributed by atoms with Crippen LogP contribution in [0, 0.1) is 5.82 Å². The summed E-state index contributed by atoms with van der Waals surface area (Å²) in [6, 6.07) is 0.